The van der Waals surface area contributed by atoms with Gasteiger partial charge in [-0.1, -0.05) is 31.4 Å². The number of rotatable bonds is 8. The maximum Gasteiger partial charge on any atom is 0.264 e. The van der Waals surface area contributed by atoms with Crippen molar-refractivity contribution >= 4 is 32.7 Å². The van der Waals surface area contributed by atoms with Crippen LogP contribution < -0.4 is 9.46 Å². The summed E-state index contributed by atoms with van der Waals surface area (Å²) >= 11 is 0. The molecule has 3 aliphatic heterocycles. The number of allylic oxidation sites excluding steroid dienone is 1. The first-order valence-corrected chi connectivity index (χ1v) is 19.4. The van der Waals surface area contributed by atoms with Crippen LogP contribution >= 0.6 is 0 Å². The molecule has 2 aliphatic carbocycles. The van der Waals surface area contributed by atoms with Crippen molar-refractivity contribution in [1.29, 1.82) is 0 Å². The highest BCUT2D eigenvalue weighted by molar-refractivity contribution is 7.91. The number of nitrogens with one attached hydrogen (secondary N) is 1. The maximum absolute atomic E-state index is 14.8. The van der Waals surface area contributed by atoms with Crippen molar-refractivity contribution in [2.45, 2.75) is 120 Å². The van der Waals surface area contributed by atoms with Gasteiger partial charge < -0.3 is 14.2 Å². The molecule has 3 aromatic rings. The molecule has 2 bridgehead atoms. The molecule has 1 unspecified atom stereocenters. The largest absolute Gasteiger partial charge is 0.497 e. The lowest BCUT2D eigenvalue weighted by molar-refractivity contribution is -0.143. The lowest BCUT2D eigenvalue weighted by Gasteiger charge is -2.35. The number of carbonyl (C=O) groups excluding carboxylic acids is 2. The van der Waals surface area contributed by atoms with Crippen LogP contribution in [0.15, 0.2) is 49.1 Å². The second-order valence-corrected chi connectivity index (χ2v) is 17.5. The number of ether oxygens (including phenoxy) is 1. The fraction of sp³-hybridized carbons (Fsp3) is 0.538. The molecule has 2 saturated heterocycles. The van der Waals surface area contributed by atoms with Crippen LogP contribution in [-0.4, -0.2) is 53.6 Å². The summed E-state index contributed by atoms with van der Waals surface area (Å²) in [4.78, 5) is 30.7. The number of nitrogens with zero attached hydrogens (tertiary/aromatic N) is 2. The van der Waals surface area contributed by atoms with Crippen LogP contribution in [0.5, 0.6) is 5.75 Å². The summed E-state index contributed by atoms with van der Waals surface area (Å²) in [5, 5.41) is 1.08. The molecule has 254 valence electrons. The van der Waals surface area contributed by atoms with Crippen LogP contribution in [0.3, 0.4) is 0 Å². The Morgan fingerprint density at radius 1 is 1.00 bits per heavy atom. The van der Waals surface area contributed by atoms with Crippen LogP contribution in [0.4, 0.5) is 0 Å². The highest BCUT2D eigenvalue weighted by Crippen LogP contribution is 2.51. The van der Waals surface area contributed by atoms with Crippen molar-refractivity contribution in [3.8, 4) is 17.0 Å². The molecular weight excluding hydrogens is 623 g/mol. The predicted octanol–water partition coefficient (Wildman–Crippen LogP) is 7.25. The number of benzene rings is 2. The first-order valence-electron chi connectivity index (χ1n) is 17.9. The van der Waals surface area contributed by atoms with E-state index in [2.05, 4.69) is 39.8 Å². The van der Waals surface area contributed by atoms with Crippen LogP contribution in [0.1, 0.15) is 111 Å². The van der Waals surface area contributed by atoms with Crippen LogP contribution in [0.2, 0.25) is 0 Å². The van der Waals surface area contributed by atoms with Gasteiger partial charge in [0, 0.05) is 40.7 Å². The van der Waals surface area contributed by atoms with Crippen LogP contribution in [0.25, 0.3) is 22.2 Å². The Balaban J connectivity index is 1.29. The predicted molar refractivity (Wildman–Crippen MR) is 188 cm³/mol. The minimum atomic E-state index is -3.88. The standard InChI is InChI=1S/C39H47N3O5S/c1-4-18-39(19-20-39)48(45,46)40-36(43)26-10-16-32-33(22-26)41-24-38(2,37(44)42-28-11-12-29(42)14-13-28)23-27-21-30(47-3)15-17-31(27)35(41)34(32)25-8-6-5-7-9-25/h4,10,15-17,21-22,25,28-29H,1,5-9,11-14,18-20,23-24H2,2-3H3,(H,40,43). The molecule has 4 fully saturated rings. The number of carbonyl (C=O) groups is 2. The Labute approximate surface area is 284 Å². The van der Waals surface area contributed by atoms with E-state index in [0.717, 1.165) is 72.0 Å². The molecule has 2 amide bonds. The molecular formula is C39H47N3O5S. The summed E-state index contributed by atoms with van der Waals surface area (Å²) in [5.74, 6) is 0.731. The number of sulfonamides is 1. The first kappa shape index (κ1) is 31.7. The van der Waals surface area contributed by atoms with Crippen LogP contribution in [0, 0.1) is 5.41 Å². The fourth-order valence-electron chi connectivity index (χ4n) is 9.65. The molecule has 5 aliphatic rings. The van der Waals surface area contributed by atoms with Gasteiger partial charge in [0.25, 0.3) is 5.91 Å². The van der Waals surface area contributed by atoms with E-state index >= 15 is 0 Å². The minimum Gasteiger partial charge on any atom is -0.497 e. The van der Waals surface area contributed by atoms with Crippen LogP contribution in [-0.2, 0) is 27.8 Å². The van der Waals surface area contributed by atoms with Gasteiger partial charge in [0.15, 0.2) is 0 Å². The van der Waals surface area contributed by atoms with Crippen molar-refractivity contribution in [1.82, 2.24) is 14.2 Å². The molecule has 0 radical (unpaired) electrons. The van der Waals surface area contributed by atoms with Crippen molar-refractivity contribution < 1.29 is 22.7 Å². The second kappa shape index (κ2) is 11.5. The van der Waals surface area contributed by atoms with Gasteiger partial charge in [-0.3, -0.25) is 9.59 Å². The van der Waals surface area contributed by atoms with E-state index in [0.29, 0.717) is 55.8 Å². The van der Waals surface area contributed by atoms with Gasteiger partial charge in [-0.05, 0) is 119 Å². The molecule has 2 saturated carbocycles. The summed E-state index contributed by atoms with van der Waals surface area (Å²) in [6.07, 6.45) is 13.6. The monoisotopic (exact) mass is 669 g/mol. The minimum absolute atomic E-state index is 0.215. The van der Waals surface area contributed by atoms with Gasteiger partial charge in [0.05, 0.1) is 23.0 Å². The van der Waals surface area contributed by atoms with Gasteiger partial charge in [0.2, 0.25) is 15.9 Å². The van der Waals surface area contributed by atoms with E-state index in [-0.39, 0.29) is 5.91 Å². The first-order chi connectivity index (χ1) is 23.1. The number of hydrogen-bond donors (Lipinski definition) is 1. The Morgan fingerprint density at radius 3 is 2.35 bits per heavy atom. The molecule has 4 heterocycles. The number of amides is 2. The molecule has 2 aromatic carbocycles. The zero-order chi connectivity index (χ0) is 33.4. The van der Waals surface area contributed by atoms with Crippen molar-refractivity contribution in [3.63, 3.8) is 0 Å². The quantitative estimate of drug-likeness (QED) is 0.255. The Bertz CT molecular complexity index is 1920. The molecule has 1 aromatic heterocycles. The van der Waals surface area contributed by atoms with Gasteiger partial charge in [-0.25, -0.2) is 13.1 Å². The number of fused-ring (bicyclic) bond motifs is 7. The van der Waals surface area contributed by atoms with E-state index in [1.54, 1.807) is 19.3 Å². The van der Waals surface area contributed by atoms with Gasteiger partial charge in [-0.15, -0.1) is 6.58 Å². The Kier molecular flexibility index (Phi) is 7.58. The Hall–Kier alpha value is -3.59. The Morgan fingerprint density at radius 2 is 1.71 bits per heavy atom. The molecule has 48 heavy (non-hydrogen) atoms. The van der Waals surface area contributed by atoms with Crippen molar-refractivity contribution in [3.05, 3.63) is 65.7 Å². The SMILES string of the molecule is C=CCC1(S(=O)(=O)NC(=O)c2ccc3c(C4CCCCC4)c4n(c3c2)CC(C)(C(=O)N2C3CCC2CC3)Cc2cc(OC)ccc2-4)CC1. The highest BCUT2D eigenvalue weighted by atomic mass is 32.2. The fourth-order valence-corrected chi connectivity index (χ4v) is 11.2. The molecule has 0 spiro atoms. The molecule has 1 atom stereocenters. The van der Waals surface area contributed by atoms with Gasteiger partial charge in [0.1, 0.15) is 5.75 Å². The zero-order valence-corrected chi connectivity index (χ0v) is 29.0. The van der Waals surface area contributed by atoms with Crippen molar-refractivity contribution in [2.24, 2.45) is 5.41 Å². The van der Waals surface area contributed by atoms with E-state index in [1.165, 1.54) is 24.8 Å². The van der Waals surface area contributed by atoms with E-state index in [9.17, 15) is 18.0 Å². The van der Waals surface area contributed by atoms with Crippen molar-refractivity contribution in [2.75, 3.05) is 7.11 Å². The average Bonchev–Trinajstić information content (AvgIpc) is 3.54. The molecule has 1 N–H and O–H groups in total. The number of methoxy groups -OCH3 is 1. The summed E-state index contributed by atoms with van der Waals surface area (Å²) in [6, 6.07) is 12.6. The van der Waals surface area contributed by atoms with Gasteiger partial charge in [-0.2, -0.15) is 0 Å². The molecule has 9 heteroatoms. The maximum atomic E-state index is 14.8. The summed E-state index contributed by atoms with van der Waals surface area (Å²) in [5.41, 5.74) is 5.10. The lowest BCUT2D eigenvalue weighted by Crippen LogP contribution is -2.47. The van der Waals surface area contributed by atoms with Gasteiger partial charge >= 0.3 is 0 Å². The molecule has 8 rings (SSSR count). The second-order valence-electron chi connectivity index (χ2n) is 15.5. The third-order valence-electron chi connectivity index (χ3n) is 12.4. The summed E-state index contributed by atoms with van der Waals surface area (Å²) < 4.78 is 36.1. The summed E-state index contributed by atoms with van der Waals surface area (Å²) in [6.45, 7) is 6.33. The number of hydrogen-bond acceptors (Lipinski definition) is 5. The summed E-state index contributed by atoms with van der Waals surface area (Å²) in [7, 11) is -2.19. The van der Waals surface area contributed by atoms with E-state index in [1.807, 2.05) is 18.2 Å². The molecule has 8 nitrogen and oxygen atoms in total. The smallest absolute Gasteiger partial charge is 0.264 e. The number of aromatic nitrogens is 1. The lowest BCUT2D eigenvalue weighted by atomic mass is 9.79. The van der Waals surface area contributed by atoms with E-state index in [4.69, 9.17) is 4.74 Å². The topological polar surface area (TPSA) is 97.7 Å². The third-order valence-corrected chi connectivity index (χ3v) is 14.5. The third kappa shape index (κ3) is 4.93. The van der Waals surface area contributed by atoms with E-state index < -0.39 is 26.1 Å². The highest BCUT2D eigenvalue weighted by Gasteiger charge is 2.54. The normalized spacial score (nSPS) is 26.1. The zero-order valence-electron chi connectivity index (χ0n) is 28.2. The average molecular weight is 670 g/mol.